The van der Waals surface area contributed by atoms with E-state index in [0.717, 1.165) is 32.6 Å². The van der Waals surface area contributed by atoms with Crippen LogP contribution in [0.15, 0.2) is 53.0 Å². The molecule has 0 aromatic heterocycles. The van der Waals surface area contributed by atoms with Gasteiger partial charge in [-0.1, -0.05) is 34.1 Å². The fourth-order valence-electron chi connectivity index (χ4n) is 3.15. The van der Waals surface area contributed by atoms with Gasteiger partial charge in [0.25, 0.3) is 0 Å². The fraction of sp³-hybridized carbons (Fsp3) is 0.350. The summed E-state index contributed by atoms with van der Waals surface area (Å²) in [6.07, 6.45) is 1.43. The molecule has 2 aromatic rings. The molecule has 138 valence electrons. The Hall–Kier alpha value is -1.92. The van der Waals surface area contributed by atoms with Gasteiger partial charge in [-0.3, -0.25) is 4.79 Å². The molecule has 0 atom stereocenters. The van der Waals surface area contributed by atoms with Gasteiger partial charge in [-0.2, -0.15) is 0 Å². The van der Waals surface area contributed by atoms with Crippen LogP contribution in [0.3, 0.4) is 0 Å². The second kappa shape index (κ2) is 9.14. The molecular weight excluding hydrogens is 397 g/mol. The number of nitrogens with zero attached hydrogens (tertiary/aromatic N) is 2. The Bertz CT molecular complexity index is 741. The average Bonchev–Trinajstić information content (AvgIpc) is 2.89. The zero-order valence-corrected chi connectivity index (χ0v) is 16.2. The second-order valence-electron chi connectivity index (χ2n) is 6.44. The van der Waals surface area contributed by atoms with Crippen molar-refractivity contribution < 1.29 is 9.18 Å². The van der Waals surface area contributed by atoms with Crippen LogP contribution in [0.25, 0.3) is 0 Å². The number of carbonyl (C=O) groups excluding carboxylic acids is 1. The lowest BCUT2D eigenvalue weighted by Crippen LogP contribution is -2.32. The van der Waals surface area contributed by atoms with Gasteiger partial charge >= 0.3 is 0 Å². The van der Waals surface area contributed by atoms with Crippen molar-refractivity contribution in [3.63, 3.8) is 0 Å². The fourth-order valence-corrected chi connectivity index (χ4v) is 3.49. The number of benzene rings is 2. The number of hydrogen-bond acceptors (Lipinski definition) is 3. The first-order chi connectivity index (χ1) is 12.6. The predicted octanol–water partition coefficient (Wildman–Crippen LogP) is 4.13. The van der Waals surface area contributed by atoms with Gasteiger partial charge in [0.2, 0.25) is 5.91 Å². The monoisotopic (exact) mass is 419 g/mol. The SMILES string of the molecule is O=C(CCN1CCCN(c2ccccc2)CC1)Nc1ccc(Br)cc1F. The molecule has 0 radical (unpaired) electrons. The third-order valence-corrected chi connectivity index (χ3v) is 5.06. The number of anilines is 2. The molecule has 0 spiro atoms. The Labute approximate surface area is 162 Å². The van der Waals surface area contributed by atoms with Crippen LogP contribution >= 0.6 is 15.9 Å². The van der Waals surface area contributed by atoms with Gasteiger partial charge in [0, 0.05) is 42.8 Å². The summed E-state index contributed by atoms with van der Waals surface area (Å²) in [5.41, 5.74) is 1.47. The molecule has 0 aliphatic carbocycles. The molecule has 0 saturated carbocycles. The van der Waals surface area contributed by atoms with E-state index in [1.807, 2.05) is 6.07 Å². The number of rotatable bonds is 5. The Morgan fingerprint density at radius 2 is 1.88 bits per heavy atom. The molecule has 0 bridgehead atoms. The molecule has 1 amide bonds. The van der Waals surface area contributed by atoms with Gasteiger partial charge in [-0.15, -0.1) is 0 Å². The van der Waals surface area contributed by atoms with E-state index >= 15 is 0 Å². The molecule has 1 aliphatic heterocycles. The highest BCUT2D eigenvalue weighted by Crippen LogP contribution is 2.20. The lowest BCUT2D eigenvalue weighted by Gasteiger charge is -2.23. The molecule has 6 heteroatoms. The third kappa shape index (κ3) is 5.29. The number of para-hydroxylation sites is 1. The van der Waals surface area contributed by atoms with E-state index in [1.54, 1.807) is 12.1 Å². The summed E-state index contributed by atoms with van der Waals surface area (Å²) < 4.78 is 14.5. The molecule has 2 aromatic carbocycles. The second-order valence-corrected chi connectivity index (χ2v) is 7.36. The Morgan fingerprint density at radius 1 is 1.08 bits per heavy atom. The lowest BCUT2D eigenvalue weighted by molar-refractivity contribution is -0.116. The topological polar surface area (TPSA) is 35.6 Å². The van der Waals surface area contributed by atoms with E-state index in [2.05, 4.69) is 55.3 Å². The van der Waals surface area contributed by atoms with Crippen LogP contribution in [0.5, 0.6) is 0 Å². The highest BCUT2D eigenvalue weighted by Gasteiger charge is 2.16. The van der Waals surface area contributed by atoms with Crippen molar-refractivity contribution in [1.29, 1.82) is 0 Å². The molecule has 3 rings (SSSR count). The van der Waals surface area contributed by atoms with Crippen molar-refractivity contribution in [2.75, 3.05) is 42.9 Å². The smallest absolute Gasteiger partial charge is 0.225 e. The third-order valence-electron chi connectivity index (χ3n) is 4.57. The van der Waals surface area contributed by atoms with Crippen molar-refractivity contribution in [2.24, 2.45) is 0 Å². The summed E-state index contributed by atoms with van der Waals surface area (Å²) in [7, 11) is 0. The summed E-state index contributed by atoms with van der Waals surface area (Å²) in [5, 5.41) is 2.66. The average molecular weight is 420 g/mol. The summed E-state index contributed by atoms with van der Waals surface area (Å²) in [6, 6.07) is 15.1. The van der Waals surface area contributed by atoms with Crippen LogP contribution in [0, 0.1) is 5.82 Å². The van der Waals surface area contributed by atoms with Crippen molar-refractivity contribution in [3.8, 4) is 0 Å². The summed E-state index contributed by atoms with van der Waals surface area (Å²) in [5.74, 6) is -0.587. The molecule has 0 unspecified atom stereocenters. The Morgan fingerprint density at radius 3 is 2.65 bits per heavy atom. The molecule has 26 heavy (non-hydrogen) atoms. The molecule has 4 nitrogen and oxygen atoms in total. The Balaban J connectivity index is 1.46. The van der Waals surface area contributed by atoms with E-state index in [1.165, 1.54) is 11.8 Å². The molecule has 1 fully saturated rings. The van der Waals surface area contributed by atoms with E-state index in [4.69, 9.17) is 0 Å². The molecule has 1 heterocycles. The van der Waals surface area contributed by atoms with E-state index in [0.29, 0.717) is 17.4 Å². The minimum atomic E-state index is -0.430. The largest absolute Gasteiger partial charge is 0.370 e. The van der Waals surface area contributed by atoms with Crippen molar-refractivity contribution in [3.05, 3.63) is 58.8 Å². The first-order valence-electron chi connectivity index (χ1n) is 8.89. The zero-order chi connectivity index (χ0) is 18.4. The van der Waals surface area contributed by atoms with Crippen LogP contribution < -0.4 is 10.2 Å². The van der Waals surface area contributed by atoms with Crippen LogP contribution in [-0.4, -0.2) is 43.5 Å². The maximum absolute atomic E-state index is 13.8. The minimum absolute atomic E-state index is 0.157. The molecule has 1 aliphatic rings. The minimum Gasteiger partial charge on any atom is -0.370 e. The summed E-state index contributed by atoms with van der Waals surface area (Å²) in [6.45, 7) is 4.56. The van der Waals surface area contributed by atoms with Gasteiger partial charge in [0.05, 0.1) is 5.69 Å². The van der Waals surface area contributed by atoms with E-state index < -0.39 is 5.82 Å². The molecular formula is C20H23BrFN3O. The summed E-state index contributed by atoms with van der Waals surface area (Å²) in [4.78, 5) is 16.8. The number of amides is 1. The highest BCUT2D eigenvalue weighted by atomic mass is 79.9. The van der Waals surface area contributed by atoms with Crippen molar-refractivity contribution in [1.82, 2.24) is 4.90 Å². The Kier molecular flexibility index (Phi) is 6.63. The first kappa shape index (κ1) is 18.9. The van der Waals surface area contributed by atoms with Crippen LogP contribution in [0.2, 0.25) is 0 Å². The first-order valence-corrected chi connectivity index (χ1v) is 9.68. The molecule has 1 saturated heterocycles. The number of nitrogens with one attached hydrogen (secondary N) is 1. The zero-order valence-electron chi connectivity index (χ0n) is 14.6. The number of carbonyl (C=O) groups is 1. The van der Waals surface area contributed by atoms with Crippen molar-refractivity contribution in [2.45, 2.75) is 12.8 Å². The van der Waals surface area contributed by atoms with E-state index in [9.17, 15) is 9.18 Å². The maximum Gasteiger partial charge on any atom is 0.225 e. The predicted molar refractivity (Wildman–Crippen MR) is 107 cm³/mol. The quantitative estimate of drug-likeness (QED) is 0.790. The molecule has 1 N–H and O–H groups in total. The summed E-state index contributed by atoms with van der Waals surface area (Å²) >= 11 is 3.21. The number of halogens is 2. The normalized spacial score (nSPS) is 15.5. The van der Waals surface area contributed by atoms with Gasteiger partial charge in [0.1, 0.15) is 5.82 Å². The standard InChI is InChI=1S/C20H23BrFN3O/c21-16-7-8-19(18(22)15-16)23-20(26)9-12-24-10-4-11-25(14-13-24)17-5-2-1-3-6-17/h1-3,5-8,15H,4,9-14H2,(H,23,26). The van der Waals surface area contributed by atoms with Crippen LogP contribution in [0.1, 0.15) is 12.8 Å². The van der Waals surface area contributed by atoms with Gasteiger partial charge in [0.15, 0.2) is 0 Å². The number of hydrogen-bond donors (Lipinski definition) is 1. The van der Waals surface area contributed by atoms with Gasteiger partial charge < -0.3 is 15.1 Å². The van der Waals surface area contributed by atoms with Crippen LogP contribution in [-0.2, 0) is 4.79 Å². The van der Waals surface area contributed by atoms with Crippen LogP contribution in [0.4, 0.5) is 15.8 Å². The lowest BCUT2D eigenvalue weighted by atomic mass is 10.2. The van der Waals surface area contributed by atoms with Gasteiger partial charge in [-0.25, -0.2) is 4.39 Å². The maximum atomic E-state index is 13.8. The van der Waals surface area contributed by atoms with E-state index in [-0.39, 0.29) is 11.6 Å². The van der Waals surface area contributed by atoms with Crippen molar-refractivity contribution >= 4 is 33.2 Å². The van der Waals surface area contributed by atoms with Gasteiger partial charge in [-0.05, 0) is 43.3 Å². The highest BCUT2D eigenvalue weighted by molar-refractivity contribution is 9.10.